The molecule has 0 aliphatic carbocycles. The maximum absolute atomic E-state index is 12.4. The molecule has 5 nitrogen and oxygen atoms in total. The van der Waals surface area contributed by atoms with Crippen molar-refractivity contribution in [3.8, 4) is 0 Å². The lowest BCUT2D eigenvalue weighted by Crippen LogP contribution is -2.31. The van der Waals surface area contributed by atoms with Gasteiger partial charge in [-0.3, -0.25) is 9.89 Å². The molecule has 1 amide bonds. The molecule has 2 aromatic carbocycles. The van der Waals surface area contributed by atoms with E-state index in [0.717, 1.165) is 17.0 Å². The van der Waals surface area contributed by atoms with Crippen molar-refractivity contribution in [2.45, 2.75) is 19.4 Å². The second-order valence-electron chi connectivity index (χ2n) is 5.35. The van der Waals surface area contributed by atoms with E-state index in [9.17, 15) is 4.79 Å². The molecular formula is C18H18N4O. The maximum Gasteiger partial charge on any atom is 0.225 e. The van der Waals surface area contributed by atoms with Gasteiger partial charge in [-0.15, -0.1) is 0 Å². The van der Waals surface area contributed by atoms with Gasteiger partial charge in [-0.2, -0.15) is 5.10 Å². The second kappa shape index (κ2) is 6.87. The molecule has 0 aliphatic heterocycles. The molecule has 3 aromatic rings. The number of carbonyl (C=O) groups excluding carboxylic acids is 1. The van der Waals surface area contributed by atoms with Gasteiger partial charge in [0.25, 0.3) is 0 Å². The fourth-order valence-electron chi connectivity index (χ4n) is 2.42. The van der Waals surface area contributed by atoms with Crippen LogP contribution in [0.4, 0.5) is 0 Å². The van der Waals surface area contributed by atoms with Gasteiger partial charge >= 0.3 is 0 Å². The molecular weight excluding hydrogens is 288 g/mol. The minimum absolute atomic E-state index is 0.0625. The van der Waals surface area contributed by atoms with Crippen molar-refractivity contribution in [1.29, 1.82) is 0 Å². The zero-order valence-corrected chi connectivity index (χ0v) is 12.9. The number of aromatic amines is 1. The van der Waals surface area contributed by atoms with E-state index in [0.29, 0.717) is 12.2 Å². The molecule has 1 atom stereocenters. The Hall–Kier alpha value is -2.95. The second-order valence-corrected chi connectivity index (χ2v) is 5.35. The number of H-pyrrole nitrogens is 1. The van der Waals surface area contributed by atoms with Crippen LogP contribution in [-0.2, 0) is 11.2 Å². The number of rotatable bonds is 5. The maximum atomic E-state index is 12.4. The summed E-state index contributed by atoms with van der Waals surface area (Å²) in [6.45, 7) is 1.84. The summed E-state index contributed by atoms with van der Waals surface area (Å²) in [7, 11) is 0. The van der Waals surface area contributed by atoms with Crippen LogP contribution in [0.2, 0.25) is 0 Å². The van der Waals surface area contributed by atoms with Crippen LogP contribution in [0.1, 0.15) is 28.8 Å². The van der Waals surface area contributed by atoms with Crippen molar-refractivity contribution in [2.24, 2.45) is 0 Å². The largest absolute Gasteiger partial charge is 0.342 e. The minimum Gasteiger partial charge on any atom is -0.342 e. The molecule has 0 fully saturated rings. The van der Waals surface area contributed by atoms with E-state index < -0.39 is 0 Å². The standard InChI is InChI=1S/C18H18N4O/c1-13-19-18(22-21-13)17(15-10-6-3-7-11-15)20-16(23)12-14-8-4-2-5-9-14/h2-11,17H,12H2,1H3,(H,20,23)(H,19,21,22). The molecule has 0 saturated carbocycles. The lowest BCUT2D eigenvalue weighted by atomic mass is 10.1. The highest BCUT2D eigenvalue weighted by Gasteiger charge is 2.20. The number of hydrogen-bond acceptors (Lipinski definition) is 3. The summed E-state index contributed by atoms with van der Waals surface area (Å²) >= 11 is 0. The van der Waals surface area contributed by atoms with Crippen molar-refractivity contribution in [3.63, 3.8) is 0 Å². The van der Waals surface area contributed by atoms with E-state index >= 15 is 0 Å². The van der Waals surface area contributed by atoms with Crippen LogP contribution in [0, 0.1) is 6.92 Å². The average Bonchev–Trinajstić information content (AvgIpc) is 3.00. The first-order valence-electron chi connectivity index (χ1n) is 7.49. The minimum atomic E-state index is -0.364. The first-order chi connectivity index (χ1) is 11.2. The number of nitrogens with zero attached hydrogens (tertiary/aromatic N) is 2. The summed E-state index contributed by atoms with van der Waals surface area (Å²) in [5.41, 5.74) is 1.93. The Morgan fingerprint density at radius 1 is 1.09 bits per heavy atom. The van der Waals surface area contributed by atoms with E-state index in [1.807, 2.05) is 67.6 Å². The molecule has 0 spiro atoms. The fourth-order valence-corrected chi connectivity index (χ4v) is 2.42. The van der Waals surface area contributed by atoms with E-state index in [4.69, 9.17) is 0 Å². The van der Waals surface area contributed by atoms with Gasteiger partial charge in [-0.1, -0.05) is 60.7 Å². The van der Waals surface area contributed by atoms with E-state index in [-0.39, 0.29) is 11.9 Å². The molecule has 5 heteroatoms. The van der Waals surface area contributed by atoms with E-state index in [2.05, 4.69) is 20.5 Å². The smallest absolute Gasteiger partial charge is 0.225 e. The number of carbonyl (C=O) groups is 1. The van der Waals surface area contributed by atoms with Gasteiger partial charge in [0.1, 0.15) is 11.9 Å². The van der Waals surface area contributed by atoms with E-state index in [1.54, 1.807) is 0 Å². The third-order valence-electron chi connectivity index (χ3n) is 3.52. The summed E-state index contributed by atoms with van der Waals surface area (Å²) < 4.78 is 0. The summed E-state index contributed by atoms with van der Waals surface area (Å²) in [6, 6.07) is 19.0. The van der Waals surface area contributed by atoms with Gasteiger partial charge < -0.3 is 5.32 Å². The lowest BCUT2D eigenvalue weighted by Gasteiger charge is -2.16. The Bertz CT molecular complexity index is 768. The molecule has 23 heavy (non-hydrogen) atoms. The number of aryl methyl sites for hydroxylation is 1. The molecule has 0 saturated heterocycles. The molecule has 1 heterocycles. The van der Waals surface area contributed by atoms with Crippen LogP contribution < -0.4 is 5.32 Å². The Labute approximate surface area is 134 Å². The highest BCUT2D eigenvalue weighted by Crippen LogP contribution is 2.19. The molecule has 1 unspecified atom stereocenters. The van der Waals surface area contributed by atoms with Gasteiger partial charge in [0.15, 0.2) is 5.82 Å². The zero-order valence-electron chi connectivity index (χ0n) is 12.9. The third kappa shape index (κ3) is 3.83. The van der Waals surface area contributed by atoms with Crippen LogP contribution >= 0.6 is 0 Å². The van der Waals surface area contributed by atoms with Crippen LogP contribution in [-0.4, -0.2) is 21.1 Å². The van der Waals surface area contributed by atoms with Gasteiger partial charge in [0.2, 0.25) is 5.91 Å². The lowest BCUT2D eigenvalue weighted by molar-refractivity contribution is -0.121. The summed E-state index contributed by atoms with van der Waals surface area (Å²) in [4.78, 5) is 16.8. The average molecular weight is 306 g/mol. The molecule has 0 radical (unpaired) electrons. The molecule has 1 aromatic heterocycles. The quantitative estimate of drug-likeness (QED) is 0.761. The normalized spacial score (nSPS) is 11.9. The number of nitrogens with one attached hydrogen (secondary N) is 2. The van der Waals surface area contributed by atoms with Gasteiger partial charge in [-0.25, -0.2) is 4.98 Å². The number of aromatic nitrogens is 3. The van der Waals surface area contributed by atoms with Crippen molar-refractivity contribution in [3.05, 3.63) is 83.4 Å². The summed E-state index contributed by atoms with van der Waals surface area (Å²) in [5.74, 6) is 1.22. The summed E-state index contributed by atoms with van der Waals surface area (Å²) in [5, 5.41) is 10.1. The molecule has 0 aliphatic rings. The summed E-state index contributed by atoms with van der Waals surface area (Å²) in [6.07, 6.45) is 0.327. The highest BCUT2D eigenvalue weighted by atomic mass is 16.1. The SMILES string of the molecule is Cc1nc(C(NC(=O)Cc2ccccc2)c2ccccc2)n[nH]1. The van der Waals surface area contributed by atoms with Crippen molar-refractivity contribution in [1.82, 2.24) is 20.5 Å². The zero-order chi connectivity index (χ0) is 16.1. The van der Waals surface area contributed by atoms with Crippen molar-refractivity contribution < 1.29 is 4.79 Å². The monoisotopic (exact) mass is 306 g/mol. The number of amides is 1. The van der Waals surface area contributed by atoms with Crippen molar-refractivity contribution >= 4 is 5.91 Å². The van der Waals surface area contributed by atoms with Crippen LogP contribution in [0.3, 0.4) is 0 Å². The topological polar surface area (TPSA) is 70.7 Å². The molecule has 3 rings (SSSR count). The van der Waals surface area contributed by atoms with Gasteiger partial charge in [0, 0.05) is 0 Å². The van der Waals surface area contributed by atoms with E-state index in [1.165, 1.54) is 0 Å². The molecule has 2 N–H and O–H groups in total. The van der Waals surface area contributed by atoms with Crippen LogP contribution in [0.15, 0.2) is 60.7 Å². The highest BCUT2D eigenvalue weighted by molar-refractivity contribution is 5.79. The Morgan fingerprint density at radius 2 is 1.74 bits per heavy atom. The fraction of sp³-hybridized carbons (Fsp3) is 0.167. The van der Waals surface area contributed by atoms with Gasteiger partial charge in [-0.05, 0) is 18.1 Å². The first kappa shape index (κ1) is 15.0. The van der Waals surface area contributed by atoms with Gasteiger partial charge in [0.05, 0.1) is 6.42 Å². The third-order valence-corrected chi connectivity index (χ3v) is 3.52. The molecule has 0 bridgehead atoms. The van der Waals surface area contributed by atoms with Crippen LogP contribution in [0.25, 0.3) is 0 Å². The van der Waals surface area contributed by atoms with Crippen molar-refractivity contribution in [2.75, 3.05) is 0 Å². The van der Waals surface area contributed by atoms with Crippen LogP contribution in [0.5, 0.6) is 0 Å². The predicted molar refractivity (Wildman–Crippen MR) is 87.7 cm³/mol. The first-order valence-corrected chi connectivity index (χ1v) is 7.49. The predicted octanol–water partition coefficient (Wildman–Crippen LogP) is 2.56. The number of benzene rings is 2. The molecule has 116 valence electrons. The Balaban J connectivity index is 1.80. The Kier molecular flexibility index (Phi) is 4.47. The number of hydrogen-bond donors (Lipinski definition) is 2. The Morgan fingerprint density at radius 3 is 2.35 bits per heavy atom.